The number of aromatic nitrogens is 2. The first kappa shape index (κ1) is 15.3. The van der Waals surface area contributed by atoms with Crippen LogP contribution in [0.4, 0.5) is 0 Å². The topological polar surface area (TPSA) is 64.4 Å². The van der Waals surface area contributed by atoms with E-state index >= 15 is 0 Å². The van der Waals surface area contributed by atoms with E-state index in [1.807, 2.05) is 23.1 Å². The molecule has 24 heavy (non-hydrogen) atoms. The van der Waals surface area contributed by atoms with Crippen molar-refractivity contribution >= 4 is 16.8 Å². The molecule has 0 bridgehead atoms. The van der Waals surface area contributed by atoms with E-state index in [0.29, 0.717) is 24.1 Å². The highest BCUT2D eigenvalue weighted by Gasteiger charge is 2.36. The van der Waals surface area contributed by atoms with E-state index in [1.54, 1.807) is 10.7 Å². The molecule has 1 aromatic carbocycles. The fourth-order valence-corrected chi connectivity index (χ4v) is 3.91. The van der Waals surface area contributed by atoms with E-state index in [0.717, 1.165) is 19.3 Å². The van der Waals surface area contributed by atoms with Crippen LogP contribution in [-0.2, 0) is 16.1 Å². The molecule has 2 fully saturated rings. The van der Waals surface area contributed by atoms with Crippen LogP contribution in [0.1, 0.15) is 25.7 Å². The van der Waals surface area contributed by atoms with Gasteiger partial charge >= 0.3 is 0 Å². The first-order chi connectivity index (χ1) is 11.7. The molecule has 1 aromatic heterocycles. The molecule has 1 aliphatic carbocycles. The molecule has 0 unspecified atom stereocenters. The SMILES string of the molecule is O=C(Cn1ncc(=O)c2ccccc21)N1CCO[C@H]2CCCC[C@H]21. The summed E-state index contributed by atoms with van der Waals surface area (Å²) < 4.78 is 7.47. The zero-order valence-corrected chi connectivity index (χ0v) is 13.6. The number of morpholine rings is 1. The van der Waals surface area contributed by atoms with Crippen molar-refractivity contribution in [3.63, 3.8) is 0 Å². The summed E-state index contributed by atoms with van der Waals surface area (Å²) in [4.78, 5) is 26.8. The first-order valence-corrected chi connectivity index (χ1v) is 8.60. The van der Waals surface area contributed by atoms with Gasteiger partial charge in [0.2, 0.25) is 11.3 Å². The number of para-hydroxylation sites is 1. The number of ether oxygens (including phenoxy) is 1. The largest absolute Gasteiger partial charge is 0.374 e. The Balaban J connectivity index is 1.60. The fourth-order valence-electron chi connectivity index (χ4n) is 3.91. The van der Waals surface area contributed by atoms with Gasteiger partial charge < -0.3 is 9.64 Å². The molecule has 0 spiro atoms. The molecule has 2 heterocycles. The van der Waals surface area contributed by atoms with E-state index in [9.17, 15) is 9.59 Å². The fraction of sp³-hybridized carbons (Fsp3) is 0.500. The second-order valence-electron chi connectivity index (χ2n) is 6.53. The van der Waals surface area contributed by atoms with Crippen LogP contribution in [0, 0.1) is 0 Å². The number of hydrogen-bond acceptors (Lipinski definition) is 4. The minimum Gasteiger partial charge on any atom is -0.374 e. The van der Waals surface area contributed by atoms with Gasteiger partial charge in [0.25, 0.3) is 0 Å². The van der Waals surface area contributed by atoms with Crippen molar-refractivity contribution in [2.24, 2.45) is 0 Å². The van der Waals surface area contributed by atoms with Gasteiger partial charge in [-0.15, -0.1) is 0 Å². The van der Waals surface area contributed by atoms with E-state index in [1.165, 1.54) is 12.6 Å². The minimum atomic E-state index is -0.118. The van der Waals surface area contributed by atoms with Gasteiger partial charge in [-0.05, 0) is 25.0 Å². The predicted molar refractivity (Wildman–Crippen MR) is 89.7 cm³/mol. The lowest BCUT2D eigenvalue weighted by atomic mass is 9.90. The number of fused-ring (bicyclic) bond motifs is 2. The summed E-state index contributed by atoms with van der Waals surface area (Å²) >= 11 is 0. The van der Waals surface area contributed by atoms with Gasteiger partial charge in [-0.1, -0.05) is 25.0 Å². The normalized spacial score (nSPS) is 23.9. The van der Waals surface area contributed by atoms with Crippen molar-refractivity contribution in [2.75, 3.05) is 13.2 Å². The quantitative estimate of drug-likeness (QED) is 0.840. The summed E-state index contributed by atoms with van der Waals surface area (Å²) in [7, 11) is 0. The standard InChI is InChI=1S/C18H21N3O3/c22-16-11-19-21(14-6-2-1-5-13(14)16)12-18(23)20-9-10-24-17-8-4-3-7-15(17)20/h1-2,5-6,11,15,17H,3-4,7-10,12H2/t15-,17+/m1/s1. The van der Waals surface area contributed by atoms with Crippen LogP contribution in [0.2, 0.25) is 0 Å². The highest BCUT2D eigenvalue weighted by molar-refractivity contribution is 5.81. The number of rotatable bonds is 2. The van der Waals surface area contributed by atoms with Gasteiger partial charge in [0, 0.05) is 11.9 Å². The van der Waals surface area contributed by atoms with E-state index < -0.39 is 0 Å². The van der Waals surface area contributed by atoms with Crippen LogP contribution in [0.3, 0.4) is 0 Å². The summed E-state index contributed by atoms with van der Waals surface area (Å²) in [6.07, 6.45) is 5.83. The van der Waals surface area contributed by atoms with Crippen LogP contribution in [0.15, 0.2) is 35.3 Å². The van der Waals surface area contributed by atoms with Crippen molar-refractivity contribution in [3.8, 4) is 0 Å². The number of carbonyl (C=O) groups is 1. The molecule has 1 saturated carbocycles. The molecular weight excluding hydrogens is 306 g/mol. The van der Waals surface area contributed by atoms with Crippen molar-refractivity contribution < 1.29 is 9.53 Å². The average Bonchev–Trinajstić information content (AvgIpc) is 2.64. The van der Waals surface area contributed by atoms with Crippen LogP contribution in [0.5, 0.6) is 0 Å². The molecule has 0 N–H and O–H groups in total. The van der Waals surface area contributed by atoms with Gasteiger partial charge in [-0.3, -0.25) is 14.3 Å². The van der Waals surface area contributed by atoms with Crippen molar-refractivity contribution in [3.05, 3.63) is 40.7 Å². The molecule has 2 atom stereocenters. The highest BCUT2D eigenvalue weighted by Crippen LogP contribution is 2.28. The molecule has 2 aliphatic rings. The van der Waals surface area contributed by atoms with Gasteiger partial charge in [0.15, 0.2) is 0 Å². The molecule has 4 rings (SSSR count). The van der Waals surface area contributed by atoms with Gasteiger partial charge in [-0.2, -0.15) is 5.10 Å². The molecule has 1 aliphatic heterocycles. The molecule has 2 aromatic rings. The van der Waals surface area contributed by atoms with E-state index in [-0.39, 0.29) is 30.0 Å². The number of nitrogens with zero attached hydrogens (tertiary/aromatic N) is 3. The van der Waals surface area contributed by atoms with Crippen LogP contribution >= 0.6 is 0 Å². The highest BCUT2D eigenvalue weighted by atomic mass is 16.5. The van der Waals surface area contributed by atoms with Crippen molar-refractivity contribution in [1.29, 1.82) is 0 Å². The number of carbonyl (C=O) groups excluding carboxylic acids is 1. The third kappa shape index (κ3) is 2.71. The lowest BCUT2D eigenvalue weighted by Gasteiger charge is -2.43. The Morgan fingerprint density at radius 1 is 1.25 bits per heavy atom. The number of amides is 1. The monoisotopic (exact) mass is 327 g/mol. The Bertz CT molecular complexity index is 815. The average molecular weight is 327 g/mol. The maximum atomic E-state index is 12.9. The third-order valence-corrected chi connectivity index (χ3v) is 5.10. The molecule has 1 saturated heterocycles. The van der Waals surface area contributed by atoms with Crippen LogP contribution in [-0.4, -0.2) is 45.9 Å². The second kappa shape index (κ2) is 6.36. The summed E-state index contributed by atoms with van der Waals surface area (Å²) in [6, 6.07) is 7.47. The molecule has 0 radical (unpaired) electrons. The third-order valence-electron chi connectivity index (χ3n) is 5.10. The zero-order valence-electron chi connectivity index (χ0n) is 13.6. The maximum Gasteiger partial charge on any atom is 0.244 e. The van der Waals surface area contributed by atoms with Gasteiger partial charge in [0.05, 0.1) is 30.5 Å². The van der Waals surface area contributed by atoms with Crippen LogP contribution < -0.4 is 5.43 Å². The Hall–Kier alpha value is -2.21. The molecular formula is C18H21N3O3. The van der Waals surface area contributed by atoms with Crippen molar-refractivity contribution in [2.45, 2.75) is 44.4 Å². The summed E-state index contributed by atoms with van der Waals surface area (Å²) in [6.45, 7) is 1.40. The Morgan fingerprint density at radius 3 is 3.00 bits per heavy atom. The molecule has 1 amide bonds. The predicted octanol–water partition coefficient (Wildman–Crippen LogP) is 1.57. The lowest BCUT2D eigenvalue weighted by molar-refractivity contribution is -0.150. The minimum absolute atomic E-state index is 0.0523. The van der Waals surface area contributed by atoms with Crippen LogP contribution in [0.25, 0.3) is 10.9 Å². The second-order valence-corrected chi connectivity index (χ2v) is 6.53. The van der Waals surface area contributed by atoms with Crippen molar-refractivity contribution in [1.82, 2.24) is 14.7 Å². The maximum absolute atomic E-state index is 12.9. The summed E-state index contributed by atoms with van der Waals surface area (Å²) in [5.41, 5.74) is 0.583. The molecule has 6 heteroatoms. The van der Waals surface area contributed by atoms with Gasteiger partial charge in [-0.25, -0.2) is 0 Å². The smallest absolute Gasteiger partial charge is 0.244 e. The first-order valence-electron chi connectivity index (χ1n) is 8.60. The van der Waals surface area contributed by atoms with E-state index in [2.05, 4.69) is 5.10 Å². The zero-order chi connectivity index (χ0) is 16.5. The molecule has 126 valence electrons. The molecule has 6 nitrogen and oxygen atoms in total. The Labute approximate surface area is 140 Å². The number of benzene rings is 1. The lowest BCUT2D eigenvalue weighted by Crippen LogP contribution is -2.55. The number of hydrogen-bond donors (Lipinski definition) is 0. The summed E-state index contributed by atoms with van der Waals surface area (Å²) in [5.74, 6) is 0.0523. The van der Waals surface area contributed by atoms with E-state index in [4.69, 9.17) is 4.74 Å². The summed E-state index contributed by atoms with van der Waals surface area (Å²) in [5, 5.41) is 4.77. The Kier molecular flexibility index (Phi) is 4.06. The Morgan fingerprint density at radius 2 is 2.08 bits per heavy atom. The van der Waals surface area contributed by atoms with Gasteiger partial charge in [0.1, 0.15) is 6.54 Å².